The lowest BCUT2D eigenvalue weighted by Crippen LogP contribution is -2.19. The van der Waals surface area contributed by atoms with Crippen LogP contribution in [0.4, 0.5) is 0 Å². The van der Waals surface area contributed by atoms with Gasteiger partial charge >= 0.3 is 0 Å². The van der Waals surface area contributed by atoms with E-state index in [0.717, 1.165) is 21.2 Å². The van der Waals surface area contributed by atoms with Crippen LogP contribution in [0.1, 0.15) is 10.4 Å². The predicted octanol–water partition coefficient (Wildman–Crippen LogP) is 3.79. The van der Waals surface area contributed by atoms with Gasteiger partial charge in [0.1, 0.15) is 0 Å². The normalized spacial score (nSPS) is 10.8. The van der Waals surface area contributed by atoms with Gasteiger partial charge in [-0.3, -0.25) is 4.79 Å². The second kappa shape index (κ2) is 8.09. The fourth-order valence-corrected chi connectivity index (χ4v) is 2.90. The first-order valence-corrected chi connectivity index (χ1v) is 8.33. The number of benzene rings is 1. The van der Waals surface area contributed by atoms with Gasteiger partial charge in [-0.2, -0.15) is 5.10 Å². The number of thioether (sulfide) groups is 1. The molecule has 1 amide bonds. The molecule has 0 saturated carbocycles. The van der Waals surface area contributed by atoms with Gasteiger partial charge in [-0.05, 0) is 29.1 Å². The van der Waals surface area contributed by atoms with Crippen molar-refractivity contribution in [3.8, 4) is 0 Å². The summed E-state index contributed by atoms with van der Waals surface area (Å²) < 4.78 is 0. The van der Waals surface area contributed by atoms with Crippen LogP contribution in [-0.4, -0.2) is 17.9 Å². The maximum Gasteiger partial charge on any atom is 0.250 e. The summed E-state index contributed by atoms with van der Waals surface area (Å²) in [6, 6.07) is 11.5. The van der Waals surface area contributed by atoms with Crippen molar-refractivity contribution in [3.63, 3.8) is 0 Å². The van der Waals surface area contributed by atoms with E-state index in [9.17, 15) is 4.79 Å². The lowest BCUT2D eigenvalue weighted by Gasteiger charge is -2.01. The maximum atomic E-state index is 11.6. The topological polar surface area (TPSA) is 41.5 Å². The van der Waals surface area contributed by atoms with Crippen molar-refractivity contribution in [2.24, 2.45) is 5.10 Å². The van der Waals surface area contributed by atoms with Gasteiger partial charge in [-0.1, -0.05) is 29.8 Å². The molecule has 0 spiro atoms. The lowest BCUT2D eigenvalue weighted by atomic mass is 10.2. The third kappa shape index (κ3) is 5.36. The molecule has 1 N–H and O–H groups in total. The van der Waals surface area contributed by atoms with Gasteiger partial charge in [0.15, 0.2) is 0 Å². The number of carbonyl (C=O) groups is 1. The van der Waals surface area contributed by atoms with E-state index in [2.05, 4.69) is 10.5 Å². The van der Waals surface area contributed by atoms with E-state index in [1.807, 2.05) is 41.8 Å². The Balaban J connectivity index is 1.66. The molecule has 3 nitrogen and oxygen atoms in total. The number of nitrogens with zero attached hydrogens (tertiary/aromatic N) is 1. The molecule has 0 unspecified atom stereocenters. The highest BCUT2D eigenvalue weighted by Crippen LogP contribution is 2.15. The van der Waals surface area contributed by atoms with Crippen molar-refractivity contribution in [2.45, 2.75) is 5.75 Å². The van der Waals surface area contributed by atoms with E-state index in [1.54, 1.807) is 29.3 Å². The summed E-state index contributed by atoms with van der Waals surface area (Å²) in [6.45, 7) is 0. The molecule has 1 aromatic carbocycles. The average Bonchev–Trinajstić information content (AvgIpc) is 2.94. The Morgan fingerprint density at radius 1 is 1.35 bits per heavy atom. The van der Waals surface area contributed by atoms with Crippen LogP contribution in [0.2, 0.25) is 5.02 Å². The molecular weight excluding hydrogens is 312 g/mol. The Morgan fingerprint density at radius 3 is 2.85 bits per heavy atom. The van der Waals surface area contributed by atoms with E-state index in [1.165, 1.54) is 0 Å². The first-order valence-electron chi connectivity index (χ1n) is 5.91. The van der Waals surface area contributed by atoms with Crippen LogP contribution in [-0.2, 0) is 10.5 Å². The zero-order valence-corrected chi connectivity index (χ0v) is 13.0. The van der Waals surface area contributed by atoms with Crippen molar-refractivity contribution in [3.05, 3.63) is 57.2 Å². The number of nitrogens with one attached hydrogen (secondary N) is 1. The van der Waals surface area contributed by atoms with Gasteiger partial charge in [-0.25, -0.2) is 5.43 Å². The largest absolute Gasteiger partial charge is 0.272 e. The number of carbonyl (C=O) groups excluding carboxylic acids is 1. The summed E-state index contributed by atoms with van der Waals surface area (Å²) in [5.41, 5.74) is 3.66. The summed E-state index contributed by atoms with van der Waals surface area (Å²) in [7, 11) is 0. The molecule has 0 bridgehead atoms. The van der Waals surface area contributed by atoms with Crippen LogP contribution in [0.15, 0.2) is 46.9 Å². The van der Waals surface area contributed by atoms with Crippen LogP contribution in [0, 0.1) is 0 Å². The van der Waals surface area contributed by atoms with Crippen LogP contribution < -0.4 is 5.43 Å². The van der Waals surface area contributed by atoms with Crippen molar-refractivity contribution in [2.75, 3.05) is 5.75 Å². The Hall–Kier alpha value is -1.30. The van der Waals surface area contributed by atoms with Gasteiger partial charge in [0.05, 0.1) is 12.0 Å². The third-order valence-corrected chi connectivity index (χ3v) is 4.40. The molecule has 0 atom stereocenters. The molecule has 0 fully saturated rings. The fraction of sp³-hybridized carbons (Fsp3) is 0.143. The van der Waals surface area contributed by atoms with Crippen molar-refractivity contribution < 1.29 is 4.79 Å². The third-order valence-electron chi connectivity index (χ3n) is 2.34. The van der Waals surface area contributed by atoms with Gasteiger partial charge < -0.3 is 0 Å². The molecule has 0 saturated heterocycles. The number of thiophene rings is 1. The van der Waals surface area contributed by atoms with Crippen LogP contribution in [0.3, 0.4) is 0 Å². The molecule has 1 aromatic heterocycles. The highest BCUT2D eigenvalue weighted by molar-refractivity contribution is 7.99. The van der Waals surface area contributed by atoms with Gasteiger partial charge in [0, 0.05) is 15.7 Å². The minimum Gasteiger partial charge on any atom is -0.272 e. The zero-order valence-electron chi connectivity index (χ0n) is 10.6. The monoisotopic (exact) mass is 324 g/mol. The molecule has 2 rings (SSSR count). The average molecular weight is 325 g/mol. The second-order valence-corrected chi connectivity index (χ2v) is 6.33. The molecule has 6 heteroatoms. The Morgan fingerprint density at radius 2 is 2.15 bits per heavy atom. The minimum atomic E-state index is -0.100. The number of hydrogen-bond acceptors (Lipinski definition) is 4. The van der Waals surface area contributed by atoms with Crippen molar-refractivity contribution in [1.82, 2.24) is 5.43 Å². The Kier molecular flexibility index (Phi) is 6.11. The van der Waals surface area contributed by atoms with E-state index >= 15 is 0 Å². The molecule has 0 aliphatic rings. The van der Waals surface area contributed by atoms with Crippen LogP contribution >= 0.6 is 34.7 Å². The fourth-order valence-electron chi connectivity index (χ4n) is 1.41. The van der Waals surface area contributed by atoms with E-state index < -0.39 is 0 Å². The molecule has 0 aliphatic carbocycles. The molecule has 0 radical (unpaired) electrons. The van der Waals surface area contributed by atoms with Gasteiger partial charge in [0.25, 0.3) is 0 Å². The van der Waals surface area contributed by atoms with Gasteiger partial charge in [-0.15, -0.1) is 23.1 Å². The SMILES string of the molecule is O=C(CSCc1ccc(Cl)cc1)N/N=C\c1cccs1. The lowest BCUT2D eigenvalue weighted by molar-refractivity contribution is -0.118. The van der Waals surface area contributed by atoms with Crippen molar-refractivity contribution >= 4 is 46.8 Å². The summed E-state index contributed by atoms with van der Waals surface area (Å²) in [5, 5.41) is 6.59. The van der Waals surface area contributed by atoms with Crippen molar-refractivity contribution in [1.29, 1.82) is 0 Å². The quantitative estimate of drug-likeness (QED) is 0.649. The molecule has 1 heterocycles. The summed E-state index contributed by atoms with van der Waals surface area (Å²) in [5.74, 6) is 1.06. The van der Waals surface area contributed by atoms with E-state index in [0.29, 0.717) is 5.75 Å². The predicted molar refractivity (Wildman–Crippen MR) is 87.7 cm³/mol. The Labute approximate surface area is 131 Å². The summed E-state index contributed by atoms with van der Waals surface area (Å²) >= 11 is 8.93. The van der Waals surface area contributed by atoms with E-state index in [4.69, 9.17) is 11.6 Å². The van der Waals surface area contributed by atoms with Gasteiger partial charge in [0.2, 0.25) is 5.91 Å². The standard InChI is InChI=1S/C14H13ClN2OS2/c15-12-5-3-11(4-6-12)9-19-10-14(18)17-16-8-13-2-1-7-20-13/h1-8H,9-10H2,(H,17,18)/b16-8-. The summed E-state index contributed by atoms with van der Waals surface area (Å²) in [6.07, 6.45) is 1.65. The zero-order chi connectivity index (χ0) is 14.2. The minimum absolute atomic E-state index is 0.100. The number of halogens is 1. The maximum absolute atomic E-state index is 11.6. The molecule has 0 aliphatic heterocycles. The Bertz CT molecular complexity index is 567. The summed E-state index contributed by atoms with van der Waals surface area (Å²) in [4.78, 5) is 12.6. The van der Waals surface area contributed by atoms with Crippen LogP contribution in [0.25, 0.3) is 0 Å². The number of amides is 1. The molecular formula is C14H13ClN2OS2. The highest BCUT2D eigenvalue weighted by Gasteiger charge is 2.00. The number of hydrogen-bond donors (Lipinski definition) is 1. The molecule has 2 aromatic rings. The molecule has 104 valence electrons. The van der Waals surface area contributed by atoms with Crippen LogP contribution in [0.5, 0.6) is 0 Å². The van der Waals surface area contributed by atoms with E-state index in [-0.39, 0.29) is 5.91 Å². The number of hydrazone groups is 1. The highest BCUT2D eigenvalue weighted by atomic mass is 35.5. The number of rotatable bonds is 6. The first-order chi connectivity index (χ1) is 9.74. The smallest absolute Gasteiger partial charge is 0.250 e. The first kappa shape index (κ1) is 15.1. The second-order valence-electron chi connectivity index (χ2n) is 3.93. The molecule has 20 heavy (non-hydrogen) atoms.